The van der Waals surface area contributed by atoms with E-state index >= 15 is 0 Å². The summed E-state index contributed by atoms with van der Waals surface area (Å²) in [5, 5.41) is 0. The fourth-order valence-electron chi connectivity index (χ4n) is 0.944. The van der Waals surface area contributed by atoms with Gasteiger partial charge >= 0.3 is 0 Å². The maximum Gasteiger partial charge on any atom is 0.265 e. The third-order valence-electron chi connectivity index (χ3n) is 1.65. The van der Waals surface area contributed by atoms with Crippen LogP contribution in [0.1, 0.15) is 11.4 Å². The number of nitrogens with zero attached hydrogens (tertiary/aromatic N) is 2. The van der Waals surface area contributed by atoms with Gasteiger partial charge in [0.1, 0.15) is 11.6 Å². The van der Waals surface area contributed by atoms with E-state index in [1.165, 1.54) is 6.20 Å². The molecule has 0 aliphatic carbocycles. The van der Waals surface area contributed by atoms with Gasteiger partial charge in [-0.25, -0.2) is 9.97 Å². The van der Waals surface area contributed by atoms with Gasteiger partial charge in [0.15, 0.2) is 0 Å². The molecule has 0 aliphatic heterocycles. The van der Waals surface area contributed by atoms with Crippen LogP contribution >= 0.6 is 0 Å². The highest BCUT2D eigenvalue weighted by molar-refractivity contribution is 7.85. The SMILES string of the molecule is Cc1ncc(CCS(=O)(=O)O)c(N)n1. The fraction of sp³-hybridized carbons (Fsp3) is 0.429. The molecule has 14 heavy (non-hydrogen) atoms. The highest BCUT2D eigenvalue weighted by Crippen LogP contribution is 2.08. The molecule has 1 aromatic rings. The maximum atomic E-state index is 10.5. The van der Waals surface area contributed by atoms with E-state index in [1.807, 2.05) is 0 Å². The zero-order valence-electron chi connectivity index (χ0n) is 7.64. The molecule has 1 rings (SSSR count). The Bertz CT molecular complexity index is 430. The van der Waals surface area contributed by atoms with Crippen LogP contribution < -0.4 is 5.73 Å². The molecule has 0 radical (unpaired) electrons. The van der Waals surface area contributed by atoms with Gasteiger partial charge in [-0.3, -0.25) is 4.55 Å². The minimum absolute atomic E-state index is 0.116. The van der Waals surface area contributed by atoms with Crippen molar-refractivity contribution in [2.75, 3.05) is 11.5 Å². The van der Waals surface area contributed by atoms with Gasteiger partial charge in [0.25, 0.3) is 10.1 Å². The van der Waals surface area contributed by atoms with Gasteiger partial charge in [-0.2, -0.15) is 8.42 Å². The molecular weight excluding hydrogens is 206 g/mol. The summed E-state index contributed by atoms with van der Waals surface area (Å²) in [4.78, 5) is 7.74. The zero-order valence-corrected chi connectivity index (χ0v) is 8.45. The minimum Gasteiger partial charge on any atom is -0.383 e. The first-order valence-electron chi connectivity index (χ1n) is 3.91. The van der Waals surface area contributed by atoms with E-state index in [2.05, 4.69) is 9.97 Å². The first-order chi connectivity index (χ1) is 6.38. The Labute approximate surface area is 81.9 Å². The first-order valence-corrected chi connectivity index (χ1v) is 5.52. The second kappa shape index (κ2) is 3.89. The second-order valence-electron chi connectivity index (χ2n) is 2.86. The van der Waals surface area contributed by atoms with E-state index in [-0.39, 0.29) is 18.0 Å². The van der Waals surface area contributed by atoms with Crippen LogP contribution in [-0.2, 0) is 16.5 Å². The summed E-state index contributed by atoms with van der Waals surface area (Å²) < 4.78 is 29.4. The third-order valence-corrected chi connectivity index (χ3v) is 2.37. The molecule has 0 aliphatic rings. The molecule has 6 nitrogen and oxygen atoms in total. The summed E-state index contributed by atoms with van der Waals surface area (Å²) in [5.41, 5.74) is 6.04. The second-order valence-corrected chi connectivity index (χ2v) is 4.44. The predicted octanol–water partition coefficient (Wildman–Crippen LogP) is -0.202. The van der Waals surface area contributed by atoms with Crippen molar-refractivity contribution >= 4 is 15.9 Å². The molecule has 0 atom stereocenters. The summed E-state index contributed by atoms with van der Waals surface area (Å²) in [6.45, 7) is 1.68. The molecule has 7 heteroatoms. The topological polar surface area (TPSA) is 106 Å². The standard InChI is InChI=1S/C7H11N3O3S/c1-5-9-4-6(7(8)10-5)2-3-14(11,12)13/h4H,2-3H2,1H3,(H2,8,9,10)(H,11,12,13). The summed E-state index contributed by atoms with van der Waals surface area (Å²) >= 11 is 0. The number of aromatic nitrogens is 2. The Morgan fingerprint density at radius 2 is 2.21 bits per heavy atom. The van der Waals surface area contributed by atoms with Gasteiger partial charge in [0, 0.05) is 11.8 Å². The molecule has 0 amide bonds. The molecule has 1 heterocycles. The molecule has 0 saturated heterocycles. The lowest BCUT2D eigenvalue weighted by atomic mass is 10.2. The Balaban J connectivity index is 2.78. The Morgan fingerprint density at radius 3 is 2.71 bits per heavy atom. The lowest BCUT2D eigenvalue weighted by molar-refractivity contribution is 0.482. The van der Waals surface area contributed by atoms with Crippen molar-refractivity contribution in [2.24, 2.45) is 0 Å². The van der Waals surface area contributed by atoms with E-state index in [0.717, 1.165) is 0 Å². The average Bonchev–Trinajstić information content (AvgIpc) is 2.00. The third kappa shape index (κ3) is 3.27. The van der Waals surface area contributed by atoms with Gasteiger partial charge in [-0.1, -0.05) is 0 Å². The van der Waals surface area contributed by atoms with E-state index in [1.54, 1.807) is 6.92 Å². The lowest BCUT2D eigenvalue weighted by Crippen LogP contribution is -2.09. The average molecular weight is 217 g/mol. The van der Waals surface area contributed by atoms with Crippen molar-refractivity contribution in [3.8, 4) is 0 Å². The number of nitrogen functional groups attached to an aromatic ring is 1. The van der Waals surface area contributed by atoms with E-state index < -0.39 is 10.1 Å². The molecule has 0 bridgehead atoms. The zero-order chi connectivity index (χ0) is 10.8. The number of aryl methyl sites for hydroxylation is 2. The molecule has 0 aromatic carbocycles. The number of nitrogens with two attached hydrogens (primary N) is 1. The van der Waals surface area contributed by atoms with Crippen LogP contribution in [0.25, 0.3) is 0 Å². The summed E-state index contributed by atoms with van der Waals surface area (Å²) in [6.07, 6.45) is 1.58. The van der Waals surface area contributed by atoms with Crippen LogP contribution in [0.15, 0.2) is 6.20 Å². The maximum absolute atomic E-state index is 10.5. The van der Waals surface area contributed by atoms with Crippen molar-refractivity contribution in [1.82, 2.24) is 9.97 Å². The Hall–Kier alpha value is -1.21. The van der Waals surface area contributed by atoms with Crippen molar-refractivity contribution in [1.29, 1.82) is 0 Å². The molecule has 78 valence electrons. The Kier molecular flexibility index (Phi) is 3.02. The highest BCUT2D eigenvalue weighted by Gasteiger charge is 2.08. The summed E-state index contributed by atoms with van der Waals surface area (Å²) in [7, 11) is -3.96. The molecule has 0 fully saturated rings. The number of hydrogen-bond acceptors (Lipinski definition) is 5. The van der Waals surface area contributed by atoms with Crippen LogP contribution in [0, 0.1) is 6.92 Å². The predicted molar refractivity (Wildman–Crippen MR) is 51.3 cm³/mol. The molecule has 1 aromatic heterocycles. The van der Waals surface area contributed by atoms with Crippen LogP contribution in [-0.4, -0.2) is 28.7 Å². The number of anilines is 1. The quantitative estimate of drug-likeness (QED) is 0.679. The molecule has 3 N–H and O–H groups in total. The summed E-state index contributed by atoms with van der Waals surface area (Å²) in [6, 6.07) is 0. The lowest BCUT2D eigenvalue weighted by Gasteiger charge is -2.03. The van der Waals surface area contributed by atoms with Crippen LogP contribution in [0.3, 0.4) is 0 Å². The van der Waals surface area contributed by atoms with Gasteiger partial charge in [0.2, 0.25) is 0 Å². The smallest absolute Gasteiger partial charge is 0.265 e. The van der Waals surface area contributed by atoms with Gasteiger partial charge in [-0.05, 0) is 13.3 Å². The molecule has 0 spiro atoms. The number of hydrogen-bond donors (Lipinski definition) is 2. The normalized spacial score (nSPS) is 11.6. The van der Waals surface area contributed by atoms with Gasteiger partial charge in [-0.15, -0.1) is 0 Å². The van der Waals surface area contributed by atoms with E-state index in [9.17, 15) is 8.42 Å². The summed E-state index contributed by atoms with van der Waals surface area (Å²) in [5.74, 6) is 0.406. The van der Waals surface area contributed by atoms with Crippen LogP contribution in [0.4, 0.5) is 5.82 Å². The highest BCUT2D eigenvalue weighted by atomic mass is 32.2. The van der Waals surface area contributed by atoms with Gasteiger partial charge in [0.05, 0.1) is 5.75 Å². The van der Waals surface area contributed by atoms with Crippen LogP contribution in [0.2, 0.25) is 0 Å². The van der Waals surface area contributed by atoms with Crippen LogP contribution in [0.5, 0.6) is 0 Å². The van der Waals surface area contributed by atoms with Crippen molar-refractivity contribution in [2.45, 2.75) is 13.3 Å². The molecule has 0 saturated carbocycles. The Morgan fingerprint density at radius 1 is 1.57 bits per heavy atom. The van der Waals surface area contributed by atoms with Crippen molar-refractivity contribution in [3.63, 3.8) is 0 Å². The fourth-order valence-corrected chi connectivity index (χ4v) is 1.42. The first kappa shape index (κ1) is 10.9. The van der Waals surface area contributed by atoms with E-state index in [4.69, 9.17) is 10.3 Å². The molecule has 0 unspecified atom stereocenters. The van der Waals surface area contributed by atoms with Crippen molar-refractivity contribution < 1.29 is 13.0 Å². The minimum atomic E-state index is -3.96. The monoisotopic (exact) mass is 217 g/mol. The van der Waals surface area contributed by atoms with Gasteiger partial charge < -0.3 is 5.73 Å². The number of rotatable bonds is 3. The largest absolute Gasteiger partial charge is 0.383 e. The van der Waals surface area contributed by atoms with E-state index in [0.29, 0.717) is 11.4 Å². The van der Waals surface area contributed by atoms with Crippen molar-refractivity contribution in [3.05, 3.63) is 17.6 Å². The molecular formula is C7H11N3O3S.